The third-order valence-corrected chi connectivity index (χ3v) is 6.68. The summed E-state index contributed by atoms with van der Waals surface area (Å²) in [6, 6.07) is 6.19. The predicted molar refractivity (Wildman–Crippen MR) is 105 cm³/mol. The van der Waals surface area contributed by atoms with Gasteiger partial charge in [-0.05, 0) is 30.5 Å². The number of amides is 2. The lowest BCUT2D eigenvalue weighted by Crippen LogP contribution is -2.40. The van der Waals surface area contributed by atoms with E-state index in [1.54, 1.807) is 4.90 Å². The van der Waals surface area contributed by atoms with Gasteiger partial charge < -0.3 is 19.7 Å². The lowest BCUT2D eigenvalue weighted by atomic mass is 9.78. The lowest BCUT2D eigenvalue weighted by Gasteiger charge is -2.31. The van der Waals surface area contributed by atoms with Crippen LogP contribution in [-0.4, -0.2) is 54.6 Å². The summed E-state index contributed by atoms with van der Waals surface area (Å²) >= 11 is 1.33. The van der Waals surface area contributed by atoms with Crippen molar-refractivity contribution in [3.05, 3.63) is 23.8 Å². The zero-order chi connectivity index (χ0) is 18.7. The van der Waals surface area contributed by atoms with Crippen LogP contribution in [0, 0.1) is 0 Å². The van der Waals surface area contributed by atoms with Crippen molar-refractivity contribution in [2.24, 2.45) is 0 Å². The van der Waals surface area contributed by atoms with Crippen LogP contribution in [-0.2, 0) is 10.2 Å². The summed E-state index contributed by atoms with van der Waals surface area (Å²) in [5.41, 5.74) is 1.18. The second kappa shape index (κ2) is 8.00. The molecule has 7 heteroatoms. The first-order valence-corrected chi connectivity index (χ1v) is 10.7. The SMILES string of the molecule is O=C(CCN1CCSC1=O)NCC1(c2ccc3c(c2)OCCO3)CCCC1. The molecule has 1 aromatic carbocycles. The van der Waals surface area contributed by atoms with Crippen LogP contribution in [0.15, 0.2) is 18.2 Å². The van der Waals surface area contributed by atoms with Gasteiger partial charge in [-0.2, -0.15) is 0 Å². The van der Waals surface area contributed by atoms with Crippen LogP contribution < -0.4 is 14.8 Å². The highest BCUT2D eigenvalue weighted by molar-refractivity contribution is 8.13. The van der Waals surface area contributed by atoms with Gasteiger partial charge in [-0.25, -0.2) is 0 Å². The number of ether oxygens (including phenoxy) is 2. The zero-order valence-corrected chi connectivity index (χ0v) is 16.3. The fourth-order valence-corrected chi connectivity index (χ4v) is 5.07. The van der Waals surface area contributed by atoms with Crippen LogP contribution in [0.2, 0.25) is 0 Å². The Morgan fingerprint density at radius 3 is 2.70 bits per heavy atom. The van der Waals surface area contributed by atoms with E-state index in [0.29, 0.717) is 32.7 Å². The number of carbonyl (C=O) groups is 2. The number of nitrogens with zero attached hydrogens (tertiary/aromatic N) is 1. The number of nitrogens with one attached hydrogen (secondary N) is 1. The van der Waals surface area contributed by atoms with Crippen molar-refractivity contribution < 1.29 is 19.1 Å². The maximum absolute atomic E-state index is 12.4. The molecule has 0 radical (unpaired) electrons. The molecule has 0 unspecified atom stereocenters. The van der Waals surface area contributed by atoms with Gasteiger partial charge in [-0.1, -0.05) is 30.7 Å². The van der Waals surface area contributed by atoms with E-state index in [2.05, 4.69) is 17.4 Å². The van der Waals surface area contributed by atoms with Crippen molar-refractivity contribution in [3.63, 3.8) is 0 Å². The fraction of sp³-hybridized carbons (Fsp3) is 0.600. The second-order valence-electron chi connectivity index (χ2n) is 7.47. The van der Waals surface area contributed by atoms with Gasteiger partial charge in [0.1, 0.15) is 13.2 Å². The molecule has 2 aliphatic heterocycles. The molecule has 0 spiro atoms. The molecule has 1 N–H and O–H groups in total. The van der Waals surface area contributed by atoms with Gasteiger partial charge in [0.05, 0.1) is 0 Å². The Balaban J connectivity index is 1.38. The summed E-state index contributed by atoms with van der Waals surface area (Å²) in [6.07, 6.45) is 4.83. The molecule has 0 atom stereocenters. The van der Waals surface area contributed by atoms with Gasteiger partial charge in [0.15, 0.2) is 11.5 Å². The zero-order valence-electron chi connectivity index (χ0n) is 15.5. The topological polar surface area (TPSA) is 67.9 Å². The number of carbonyl (C=O) groups excluding carboxylic acids is 2. The minimum absolute atomic E-state index is 0.0171. The first kappa shape index (κ1) is 18.5. The fourth-order valence-electron chi connectivity index (χ4n) is 4.21. The maximum Gasteiger partial charge on any atom is 0.281 e. The molecule has 4 rings (SSSR count). The lowest BCUT2D eigenvalue weighted by molar-refractivity contribution is -0.121. The quantitative estimate of drug-likeness (QED) is 0.809. The van der Waals surface area contributed by atoms with Gasteiger partial charge in [-0.15, -0.1) is 0 Å². The molecule has 1 saturated heterocycles. The van der Waals surface area contributed by atoms with Gasteiger partial charge in [-0.3, -0.25) is 9.59 Å². The number of benzene rings is 1. The van der Waals surface area contributed by atoms with Gasteiger partial charge in [0, 0.05) is 37.2 Å². The molecule has 3 aliphatic rings. The van der Waals surface area contributed by atoms with E-state index in [-0.39, 0.29) is 16.6 Å². The van der Waals surface area contributed by atoms with Crippen LogP contribution in [0.4, 0.5) is 4.79 Å². The van der Waals surface area contributed by atoms with E-state index in [4.69, 9.17) is 9.47 Å². The standard InChI is InChI=1S/C20H26N2O4S/c23-18(5-8-22-9-12-27-19(22)24)21-14-20(6-1-2-7-20)15-3-4-16-17(13-15)26-11-10-25-16/h3-4,13H,1-2,5-12,14H2,(H,21,23). The van der Waals surface area contributed by atoms with E-state index in [1.807, 2.05) is 6.07 Å². The molecular formula is C20H26N2O4S. The minimum Gasteiger partial charge on any atom is -0.486 e. The van der Waals surface area contributed by atoms with Gasteiger partial charge in [0.25, 0.3) is 5.24 Å². The third-order valence-electron chi connectivity index (χ3n) is 5.79. The molecule has 2 amide bonds. The Hall–Kier alpha value is -1.89. The van der Waals surface area contributed by atoms with Gasteiger partial charge in [0.2, 0.25) is 5.91 Å². The van der Waals surface area contributed by atoms with E-state index in [1.165, 1.54) is 30.2 Å². The predicted octanol–water partition coefficient (Wildman–Crippen LogP) is 2.94. The van der Waals surface area contributed by atoms with Crippen molar-refractivity contribution in [3.8, 4) is 11.5 Å². The first-order chi connectivity index (χ1) is 13.2. The Morgan fingerprint density at radius 2 is 1.96 bits per heavy atom. The van der Waals surface area contributed by atoms with Crippen LogP contribution in [0.3, 0.4) is 0 Å². The summed E-state index contributed by atoms with van der Waals surface area (Å²) < 4.78 is 11.4. The van der Waals surface area contributed by atoms with E-state index in [0.717, 1.165) is 36.6 Å². The summed E-state index contributed by atoms with van der Waals surface area (Å²) in [6.45, 7) is 3.06. The van der Waals surface area contributed by atoms with Crippen molar-refractivity contribution in [1.29, 1.82) is 0 Å². The highest BCUT2D eigenvalue weighted by Crippen LogP contribution is 2.43. The number of rotatable bonds is 6. The first-order valence-electron chi connectivity index (χ1n) is 9.75. The number of hydrogen-bond donors (Lipinski definition) is 1. The Morgan fingerprint density at radius 1 is 1.19 bits per heavy atom. The van der Waals surface area contributed by atoms with Crippen molar-refractivity contribution in [2.75, 3.05) is 38.6 Å². The minimum atomic E-state index is -0.0369. The maximum atomic E-state index is 12.4. The molecule has 1 saturated carbocycles. The summed E-state index contributed by atoms with van der Waals surface area (Å²) in [4.78, 5) is 25.8. The molecule has 0 aromatic heterocycles. The van der Waals surface area contributed by atoms with Crippen LogP contribution in [0.1, 0.15) is 37.7 Å². The molecule has 1 aliphatic carbocycles. The van der Waals surface area contributed by atoms with E-state index in [9.17, 15) is 9.59 Å². The number of thioether (sulfide) groups is 1. The highest BCUT2D eigenvalue weighted by Gasteiger charge is 2.37. The summed E-state index contributed by atoms with van der Waals surface area (Å²) in [5.74, 6) is 2.45. The van der Waals surface area contributed by atoms with E-state index < -0.39 is 0 Å². The third kappa shape index (κ3) is 4.03. The van der Waals surface area contributed by atoms with Gasteiger partial charge >= 0.3 is 0 Å². The van der Waals surface area contributed by atoms with Crippen LogP contribution >= 0.6 is 11.8 Å². The second-order valence-corrected chi connectivity index (χ2v) is 8.52. The number of fused-ring (bicyclic) bond motifs is 1. The normalized spacial score (nSPS) is 20.7. The Bertz CT molecular complexity index is 718. The molecule has 2 heterocycles. The Kier molecular flexibility index (Phi) is 5.48. The van der Waals surface area contributed by atoms with Crippen molar-refractivity contribution >= 4 is 22.9 Å². The summed E-state index contributed by atoms with van der Waals surface area (Å²) in [5, 5.41) is 3.22. The molecule has 2 fully saturated rings. The molecule has 27 heavy (non-hydrogen) atoms. The molecular weight excluding hydrogens is 364 g/mol. The number of hydrogen-bond acceptors (Lipinski definition) is 5. The average molecular weight is 391 g/mol. The average Bonchev–Trinajstić information content (AvgIpc) is 3.34. The van der Waals surface area contributed by atoms with Crippen LogP contribution in [0.5, 0.6) is 11.5 Å². The highest BCUT2D eigenvalue weighted by atomic mass is 32.2. The van der Waals surface area contributed by atoms with Crippen molar-refractivity contribution in [1.82, 2.24) is 10.2 Å². The summed E-state index contributed by atoms with van der Waals surface area (Å²) in [7, 11) is 0. The molecule has 6 nitrogen and oxygen atoms in total. The molecule has 146 valence electrons. The Labute approximate surface area is 164 Å². The monoisotopic (exact) mass is 390 g/mol. The van der Waals surface area contributed by atoms with Crippen LogP contribution in [0.25, 0.3) is 0 Å². The smallest absolute Gasteiger partial charge is 0.281 e. The van der Waals surface area contributed by atoms with Crippen molar-refractivity contribution in [2.45, 2.75) is 37.5 Å². The molecule has 0 bridgehead atoms. The molecule has 1 aromatic rings. The van der Waals surface area contributed by atoms with E-state index >= 15 is 0 Å². The largest absolute Gasteiger partial charge is 0.486 e.